The van der Waals surface area contributed by atoms with Crippen molar-refractivity contribution in [1.29, 1.82) is 0 Å². The van der Waals surface area contributed by atoms with Crippen molar-refractivity contribution >= 4 is 33.3 Å². The zero-order valence-electron chi connectivity index (χ0n) is 14.2. The average molecular weight is 369 g/mol. The summed E-state index contributed by atoms with van der Waals surface area (Å²) in [7, 11) is 0. The quantitative estimate of drug-likeness (QED) is 0.721. The Labute approximate surface area is 155 Å². The van der Waals surface area contributed by atoms with Crippen LogP contribution >= 0.6 is 11.3 Å². The van der Waals surface area contributed by atoms with Gasteiger partial charge in [-0.15, -0.1) is 11.3 Å². The van der Waals surface area contributed by atoms with Gasteiger partial charge in [0, 0.05) is 24.3 Å². The van der Waals surface area contributed by atoms with Crippen LogP contribution in [0, 0.1) is 5.92 Å². The number of rotatable bonds is 6. The van der Waals surface area contributed by atoms with E-state index in [4.69, 9.17) is 9.47 Å². The number of ether oxygens (including phenoxy) is 2. The molecule has 3 heterocycles. The summed E-state index contributed by atoms with van der Waals surface area (Å²) in [5, 5.41) is 3.66. The first-order chi connectivity index (χ1) is 12.8. The third-order valence-corrected chi connectivity index (χ3v) is 5.27. The van der Waals surface area contributed by atoms with Crippen molar-refractivity contribution < 1.29 is 14.3 Å². The fraction of sp³-hybridized carbons (Fsp3) is 0.316. The van der Waals surface area contributed by atoms with Crippen molar-refractivity contribution in [2.45, 2.75) is 6.42 Å². The number of anilines is 1. The van der Waals surface area contributed by atoms with Crippen molar-refractivity contribution in [1.82, 2.24) is 9.97 Å². The van der Waals surface area contributed by atoms with Crippen LogP contribution in [0.4, 0.5) is 5.82 Å². The number of hydrogen-bond donors (Lipinski definition) is 1. The normalized spacial score (nSPS) is 16.8. The summed E-state index contributed by atoms with van der Waals surface area (Å²) in [5.74, 6) is 0.700. The zero-order valence-corrected chi connectivity index (χ0v) is 15.0. The molecule has 7 heteroatoms. The van der Waals surface area contributed by atoms with Crippen LogP contribution in [0.1, 0.15) is 6.42 Å². The third-order valence-electron chi connectivity index (χ3n) is 4.18. The van der Waals surface area contributed by atoms with Crippen LogP contribution in [0.2, 0.25) is 0 Å². The molecule has 1 unspecified atom stereocenters. The van der Waals surface area contributed by atoms with Crippen LogP contribution in [0.5, 0.6) is 0 Å². The molecule has 1 aliphatic heterocycles. The molecule has 1 aliphatic rings. The largest absolute Gasteiger partial charge is 0.381 e. The van der Waals surface area contributed by atoms with Crippen molar-refractivity contribution in [3.05, 3.63) is 42.6 Å². The fourth-order valence-corrected chi connectivity index (χ4v) is 3.76. The minimum atomic E-state index is -0.204. The number of hydrogen-bond acceptors (Lipinski definition) is 6. The molecule has 1 saturated heterocycles. The van der Waals surface area contributed by atoms with Gasteiger partial charge in [-0.25, -0.2) is 9.97 Å². The Balaban J connectivity index is 1.32. The van der Waals surface area contributed by atoms with E-state index in [-0.39, 0.29) is 12.5 Å². The molecule has 0 radical (unpaired) electrons. The summed E-state index contributed by atoms with van der Waals surface area (Å²) in [6, 6.07) is 11.7. The average Bonchev–Trinajstić information content (AvgIpc) is 3.31. The number of carbonyl (C=O) groups excluding carboxylic acids is 1. The van der Waals surface area contributed by atoms with Gasteiger partial charge >= 0.3 is 0 Å². The van der Waals surface area contributed by atoms with Gasteiger partial charge in [0.25, 0.3) is 5.91 Å². The topological polar surface area (TPSA) is 73.3 Å². The highest BCUT2D eigenvalue weighted by Gasteiger charge is 2.16. The highest BCUT2D eigenvalue weighted by atomic mass is 32.1. The lowest BCUT2D eigenvalue weighted by atomic mass is 10.1. The van der Waals surface area contributed by atoms with Crippen molar-refractivity contribution in [3.8, 4) is 10.6 Å². The van der Waals surface area contributed by atoms with E-state index in [1.165, 1.54) is 0 Å². The Hall–Kier alpha value is -2.35. The molecule has 1 N–H and O–H groups in total. The number of aromatic nitrogens is 2. The molecule has 2 aromatic heterocycles. The van der Waals surface area contributed by atoms with Crippen LogP contribution in [-0.2, 0) is 14.3 Å². The second-order valence-electron chi connectivity index (χ2n) is 6.21. The Morgan fingerprint density at radius 3 is 3.00 bits per heavy atom. The van der Waals surface area contributed by atoms with Gasteiger partial charge in [-0.2, -0.15) is 0 Å². The minimum absolute atomic E-state index is 0.0256. The maximum absolute atomic E-state index is 11.9. The number of fused-ring (bicyclic) bond motifs is 1. The van der Waals surface area contributed by atoms with Crippen LogP contribution in [0.15, 0.2) is 42.6 Å². The van der Waals surface area contributed by atoms with E-state index in [1.807, 2.05) is 24.3 Å². The maximum Gasteiger partial charge on any atom is 0.251 e. The number of para-hydroxylation sites is 1. The number of nitrogens with zero attached hydrogens (tertiary/aromatic N) is 2. The van der Waals surface area contributed by atoms with E-state index in [0.717, 1.165) is 40.4 Å². The van der Waals surface area contributed by atoms with E-state index in [0.29, 0.717) is 18.3 Å². The van der Waals surface area contributed by atoms with Gasteiger partial charge in [-0.3, -0.25) is 4.79 Å². The first-order valence-corrected chi connectivity index (χ1v) is 9.37. The molecule has 3 aromatic rings. The number of thiazole rings is 1. The van der Waals surface area contributed by atoms with E-state index >= 15 is 0 Å². The van der Waals surface area contributed by atoms with Crippen LogP contribution in [-0.4, -0.2) is 42.3 Å². The molecule has 4 rings (SSSR count). The Kier molecular flexibility index (Phi) is 5.19. The first-order valence-electron chi connectivity index (χ1n) is 8.55. The molecule has 0 aliphatic carbocycles. The predicted octanol–water partition coefficient (Wildman–Crippen LogP) is 3.35. The van der Waals surface area contributed by atoms with E-state index in [2.05, 4.69) is 21.4 Å². The van der Waals surface area contributed by atoms with E-state index in [1.54, 1.807) is 23.6 Å². The minimum Gasteiger partial charge on any atom is -0.381 e. The van der Waals surface area contributed by atoms with Crippen molar-refractivity contribution in [2.75, 3.05) is 31.7 Å². The number of benzene rings is 1. The number of carbonyl (C=O) groups is 1. The van der Waals surface area contributed by atoms with Crippen LogP contribution < -0.4 is 5.32 Å². The molecule has 1 atom stereocenters. The lowest BCUT2D eigenvalue weighted by molar-refractivity contribution is -0.121. The lowest BCUT2D eigenvalue weighted by Crippen LogP contribution is -2.21. The summed E-state index contributed by atoms with van der Waals surface area (Å²) in [6.07, 6.45) is 2.72. The van der Waals surface area contributed by atoms with Gasteiger partial charge in [0.2, 0.25) is 0 Å². The second-order valence-corrected chi connectivity index (χ2v) is 7.24. The van der Waals surface area contributed by atoms with Gasteiger partial charge in [-0.1, -0.05) is 12.1 Å². The predicted molar refractivity (Wildman–Crippen MR) is 101 cm³/mol. The number of amides is 1. The van der Waals surface area contributed by atoms with Gasteiger partial charge in [0.15, 0.2) is 0 Å². The summed E-state index contributed by atoms with van der Waals surface area (Å²) in [5.41, 5.74) is 1.91. The molecular formula is C19H19N3O3S. The molecule has 0 spiro atoms. The Bertz CT molecular complexity index is 855. The second kappa shape index (κ2) is 7.90. The molecule has 134 valence electrons. The molecule has 0 saturated carbocycles. The number of nitrogens with one attached hydrogen (secondary N) is 1. The standard InChI is InChI=1S/C19H19N3O3S/c23-18(12-25-11-13-7-8-24-10-13)22-17-6-5-14(9-20-17)19-21-15-3-1-2-4-16(15)26-19/h1-6,9,13H,7-8,10-12H2,(H,20,22,23). The molecular weight excluding hydrogens is 350 g/mol. The monoisotopic (exact) mass is 369 g/mol. The molecule has 0 bridgehead atoms. The third kappa shape index (κ3) is 4.07. The van der Waals surface area contributed by atoms with E-state index in [9.17, 15) is 4.79 Å². The first kappa shape index (κ1) is 17.1. The molecule has 1 fully saturated rings. The van der Waals surface area contributed by atoms with Crippen LogP contribution in [0.3, 0.4) is 0 Å². The Morgan fingerprint density at radius 1 is 1.31 bits per heavy atom. The summed E-state index contributed by atoms with van der Waals surface area (Å²) < 4.78 is 11.9. The Morgan fingerprint density at radius 2 is 2.23 bits per heavy atom. The van der Waals surface area contributed by atoms with Gasteiger partial charge in [-0.05, 0) is 30.7 Å². The summed E-state index contributed by atoms with van der Waals surface area (Å²) in [6.45, 7) is 2.08. The summed E-state index contributed by atoms with van der Waals surface area (Å²) in [4.78, 5) is 20.9. The van der Waals surface area contributed by atoms with Gasteiger partial charge in [0.05, 0.1) is 23.4 Å². The van der Waals surface area contributed by atoms with Crippen LogP contribution in [0.25, 0.3) is 20.8 Å². The molecule has 26 heavy (non-hydrogen) atoms. The molecule has 1 amide bonds. The molecule has 6 nitrogen and oxygen atoms in total. The highest BCUT2D eigenvalue weighted by molar-refractivity contribution is 7.21. The highest BCUT2D eigenvalue weighted by Crippen LogP contribution is 2.29. The van der Waals surface area contributed by atoms with E-state index < -0.39 is 0 Å². The summed E-state index contributed by atoms with van der Waals surface area (Å²) >= 11 is 1.62. The number of pyridine rings is 1. The zero-order chi connectivity index (χ0) is 17.8. The van der Waals surface area contributed by atoms with Crippen molar-refractivity contribution in [3.63, 3.8) is 0 Å². The van der Waals surface area contributed by atoms with Gasteiger partial charge < -0.3 is 14.8 Å². The smallest absolute Gasteiger partial charge is 0.251 e. The molecule has 1 aromatic carbocycles. The van der Waals surface area contributed by atoms with Crippen molar-refractivity contribution in [2.24, 2.45) is 5.92 Å². The lowest BCUT2D eigenvalue weighted by Gasteiger charge is -2.09. The SMILES string of the molecule is O=C(COCC1CCOC1)Nc1ccc(-c2nc3ccccc3s2)cn1. The fourth-order valence-electron chi connectivity index (χ4n) is 2.80. The maximum atomic E-state index is 11.9. The van der Waals surface area contributed by atoms with Gasteiger partial charge in [0.1, 0.15) is 17.4 Å².